The molecule has 1 aromatic carbocycles. The number of carbonyl (C=O) groups excluding carboxylic acids is 1. The van der Waals surface area contributed by atoms with Crippen molar-refractivity contribution in [2.24, 2.45) is 0 Å². The lowest BCUT2D eigenvalue weighted by Gasteiger charge is -2.17. The van der Waals surface area contributed by atoms with Crippen molar-refractivity contribution in [2.45, 2.75) is 57.7 Å². The van der Waals surface area contributed by atoms with Crippen molar-refractivity contribution in [3.05, 3.63) is 39.2 Å². The van der Waals surface area contributed by atoms with Crippen LogP contribution in [-0.4, -0.2) is 33.2 Å². The molecule has 9 heteroatoms. The van der Waals surface area contributed by atoms with Crippen LogP contribution >= 0.6 is 11.8 Å². The van der Waals surface area contributed by atoms with Gasteiger partial charge in [0.2, 0.25) is 5.91 Å². The third-order valence-corrected chi connectivity index (χ3v) is 6.33. The molecule has 2 aromatic rings. The van der Waals surface area contributed by atoms with Gasteiger partial charge in [-0.05, 0) is 39.2 Å². The first-order chi connectivity index (χ1) is 13.8. The molecule has 1 saturated carbocycles. The van der Waals surface area contributed by atoms with Crippen LogP contribution in [0, 0.1) is 30.9 Å². The number of amides is 1. The molecule has 0 spiro atoms. The topological polar surface area (TPSA) is 99.3 Å². The summed E-state index contributed by atoms with van der Waals surface area (Å²) in [6, 6.07) is 3.35. The quantitative estimate of drug-likeness (QED) is 0.402. The van der Waals surface area contributed by atoms with Gasteiger partial charge < -0.3 is 14.6 Å². The first-order valence-electron chi connectivity index (χ1n) is 9.63. The van der Waals surface area contributed by atoms with Gasteiger partial charge in [-0.3, -0.25) is 14.9 Å². The molecule has 1 aliphatic carbocycles. The van der Waals surface area contributed by atoms with E-state index >= 15 is 0 Å². The number of carbonyl (C=O) groups is 1. The second-order valence-corrected chi connectivity index (χ2v) is 8.25. The number of aromatic nitrogens is 2. The normalized spacial score (nSPS) is 14.2. The number of ether oxygens (including phenoxy) is 1. The van der Waals surface area contributed by atoms with E-state index < -0.39 is 4.92 Å². The Hall–Kier alpha value is -2.55. The summed E-state index contributed by atoms with van der Waals surface area (Å²) in [6.45, 7) is 5.80. The molecular weight excluding hydrogens is 392 g/mol. The fraction of sp³-hybridized carbons (Fsp3) is 0.500. The number of nitro benzene ring substituents is 1. The summed E-state index contributed by atoms with van der Waals surface area (Å²) in [7, 11) is 1.37. The number of nitrogens with zero attached hydrogens (tertiary/aromatic N) is 3. The lowest BCUT2D eigenvalue weighted by atomic mass is 10.1. The van der Waals surface area contributed by atoms with Gasteiger partial charge in [-0.25, -0.2) is 4.98 Å². The van der Waals surface area contributed by atoms with Gasteiger partial charge in [-0.1, -0.05) is 24.6 Å². The lowest BCUT2D eigenvalue weighted by Crippen LogP contribution is -2.16. The van der Waals surface area contributed by atoms with E-state index in [1.54, 1.807) is 6.92 Å². The summed E-state index contributed by atoms with van der Waals surface area (Å²) < 4.78 is 7.37. The first kappa shape index (κ1) is 21.2. The molecule has 1 aromatic heterocycles. The van der Waals surface area contributed by atoms with Gasteiger partial charge in [0.05, 0.1) is 23.5 Å². The Morgan fingerprint density at radius 1 is 1.34 bits per heavy atom. The summed E-state index contributed by atoms with van der Waals surface area (Å²) in [5, 5.41) is 14.8. The third-order valence-electron chi connectivity index (χ3n) is 5.37. The molecule has 156 valence electrons. The summed E-state index contributed by atoms with van der Waals surface area (Å²) >= 11 is 1.42. The lowest BCUT2D eigenvalue weighted by molar-refractivity contribution is -0.385. The molecule has 1 amide bonds. The minimum Gasteiger partial charge on any atom is -0.490 e. The van der Waals surface area contributed by atoms with Gasteiger partial charge in [0.1, 0.15) is 0 Å². The molecule has 8 nitrogen and oxygen atoms in total. The summed E-state index contributed by atoms with van der Waals surface area (Å²) in [5.41, 5.74) is 3.15. The van der Waals surface area contributed by atoms with E-state index in [1.807, 2.05) is 6.92 Å². The smallest absolute Gasteiger partial charge is 0.311 e. The average molecular weight is 419 g/mol. The predicted octanol–water partition coefficient (Wildman–Crippen LogP) is 4.57. The van der Waals surface area contributed by atoms with Gasteiger partial charge in [0.15, 0.2) is 10.9 Å². The second-order valence-electron chi connectivity index (χ2n) is 7.31. The van der Waals surface area contributed by atoms with Crippen LogP contribution in [0.5, 0.6) is 5.75 Å². The number of rotatable bonds is 7. The highest BCUT2D eigenvalue weighted by Crippen LogP contribution is 2.36. The number of aryl methyl sites for hydroxylation is 2. The molecule has 0 bridgehead atoms. The van der Waals surface area contributed by atoms with E-state index in [1.165, 1.54) is 43.8 Å². The van der Waals surface area contributed by atoms with Crippen LogP contribution in [0.3, 0.4) is 0 Å². The minimum absolute atomic E-state index is 0.117. The molecule has 1 N–H and O–H groups in total. The molecule has 3 rings (SSSR count). The summed E-state index contributed by atoms with van der Waals surface area (Å²) in [4.78, 5) is 27.8. The Kier molecular flexibility index (Phi) is 6.46. The predicted molar refractivity (Wildman–Crippen MR) is 113 cm³/mol. The van der Waals surface area contributed by atoms with Crippen molar-refractivity contribution < 1.29 is 14.5 Å². The second kappa shape index (κ2) is 8.86. The number of benzene rings is 1. The molecule has 0 radical (unpaired) electrons. The van der Waals surface area contributed by atoms with Crippen molar-refractivity contribution in [3.63, 3.8) is 0 Å². The summed E-state index contributed by atoms with van der Waals surface area (Å²) in [6.07, 6.45) is 4.76. The van der Waals surface area contributed by atoms with Crippen molar-refractivity contribution in [3.8, 4) is 5.75 Å². The first-order valence-corrected chi connectivity index (χ1v) is 10.6. The van der Waals surface area contributed by atoms with Crippen LogP contribution in [0.15, 0.2) is 17.3 Å². The Bertz CT molecular complexity index is 935. The molecule has 0 atom stereocenters. The number of hydrogen-bond donors (Lipinski definition) is 1. The molecule has 0 saturated heterocycles. The van der Waals surface area contributed by atoms with Crippen LogP contribution in [0.25, 0.3) is 0 Å². The monoisotopic (exact) mass is 418 g/mol. The Morgan fingerprint density at radius 2 is 2.03 bits per heavy atom. The zero-order valence-corrected chi connectivity index (χ0v) is 18.0. The number of anilines is 1. The van der Waals surface area contributed by atoms with Crippen LogP contribution in [0.2, 0.25) is 0 Å². The fourth-order valence-electron chi connectivity index (χ4n) is 3.72. The van der Waals surface area contributed by atoms with E-state index in [4.69, 9.17) is 4.74 Å². The maximum absolute atomic E-state index is 12.5. The van der Waals surface area contributed by atoms with Crippen molar-refractivity contribution in [1.29, 1.82) is 0 Å². The van der Waals surface area contributed by atoms with E-state index in [0.29, 0.717) is 17.3 Å². The maximum Gasteiger partial charge on any atom is 0.311 e. The zero-order chi connectivity index (χ0) is 21.1. The Morgan fingerprint density at radius 3 is 2.66 bits per heavy atom. The van der Waals surface area contributed by atoms with Crippen LogP contribution in [-0.2, 0) is 4.79 Å². The van der Waals surface area contributed by atoms with Gasteiger partial charge in [0, 0.05) is 29.6 Å². The molecule has 1 aliphatic rings. The van der Waals surface area contributed by atoms with E-state index in [9.17, 15) is 14.9 Å². The van der Waals surface area contributed by atoms with E-state index in [2.05, 4.69) is 21.8 Å². The van der Waals surface area contributed by atoms with E-state index in [-0.39, 0.29) is 23.1 Å². The molecule has 1 fully saturated rings. The molecular formula is C20H26N4O4S. The Labute approximate surface area is 174 Å². The standard InChI is InChI=1S/C20H26N4O4S/c1-12-9-17(24(26)27)18(28-4)10-16(12)22-19(25)11-29-20-21-13(2)14(3)23(20)15-7-5-6-8-15/h9-10,15H,5-8,11H2,1-4H3,(H,22,25). The highest BCUT2D eigenvalue weighted by atomic mass is 32.2. The van der Waals surface area contributed by atoms with Crippen molar-refractivity contribution in [2.75, 3.05) is 18.2 Å². The SMILES string of the molecule is COc1cc(NC(=O)CSc2nc(C)c(C)n2C2CCCC2)c(C)cc1[N+](=O)[O-]. The molecule has 1 heterocycles. The number of thioether (sulfide) groups is 1. The fourth-order valence-corrected chi connectivity index (χ4v) is 4.68. The van der Waals surface area contributed by atoms with E-state index in [0.717, 1.165) is 29.4 Å². The summed E-state index contributed by atoms with van der Waals surface area (Å²) in [5.74, 6) is 0.137. The molecule has 0 aliphatic heterocycles. The number of nitrogens with one attached hydrogen (secondary N) is 1. The number of hydrogen-bond acceptors (Lipinski definition) is 6. The molecule has 29 heavy (non-hydrogen) atoms. The number of nitro groups is 1. The maximum atomic E-state index is 12.5. The Balaban J connectivity index is 1.71. The average Bonchev–Trinajstić information content (AvgIpc) is 3.29. The van der Waals surface area contributed by atoms with Crippen LogP contribution < -0.4 is 10.1 Å². The highest BCUT2D eigenvalue weighted by molar-refractivity contribution is 7.99. The van der Waals surface area contributed by atoms with Crippen LogP contribution in [0.4, 0.5) is 11.4 Å². The highest BCUT2D eigenvalue weighted by Gasteiger charge is 2.24. The number of imidazole rings is 1. The van der Waals surface area contributed by atoms with Crippen LogP contribution in [0.1, 0.15) is 48.7 Å². The third kappa shape index (κ3) is 4.55. The van der Waals surface area contributed by atoms with Gasteiger partial charge in [-0.2, -0.15) is 0 Å². The zero-order valence-electron chi connectivity index (χ0n) is 17.2. The van der Waals surface area contributed by atoms with Crippen molar-refractivity contribution >= 4 is 29.0 Å². The van der Waals surface area contributed by atoms with Gasteiger partial charge >= 0.3 is 5.69 Å². The molecule has 0 unspecified atom stereocenters. The van der Waals surface area contributed by atoms with Gasteiger partial charge in [0.25, 0.3) is 0 Å². The number of methoxy groups -OCH3 is 1. The minimum atomic E-state index is -0.499. The largest absolute Gasteiger partial charge is 0.490 e. The van der Waals surface area contributed by atoms with Crippen molar-refractivity contribution in [1.82, 2.24) is 9.55 Å². The van der Waals surface area contributed by atoms with Gasteiger partial charge in [-0.15, -0.1) is 0 Å².